The van der Waals surface area contributed by atoms with Crippen molar-refractivity contribution < 1.29 is 4.79 Å². The second kappa shape index (κ2) is 6.96. The Morgan fingerprint density at radius 3 is 2.38 bits per heavy atom. The number of aryl methyl sites for hydroxylation is 2. The van der Waals surface area contributed by atoms with Gasteiger partial charge in [0, 0.05) is 42.8 Å². The minimum absolute atomic E-state index is 0.178. The molecule has 1 amide bonds. The molecule has 0 N–H and O–H groups in total. The van der Waals surface area contributed by atoms with Crippen LogP contribution in [0.3, 0.4) is 0 Å². The highest BCUT2D eigenvalue weighted by atomic mass is 35.5. The lowest BCUT2D eigenvalue weighted by Crippen LogP contribution is -2.49. The second-order valence-corrected chi connectivity index (χ2v) is 8.04. The summed E-state index contributed by atoms with van der Waals surface area (Å²) in [5.74, 6) is 0.923. The minimum Gasteiger partial charge on any atom is -0.368 e. The van der Waals surface area contributed by atoms with E-state index >= 15 is 0 Å². The van der Waals surface area contributed by atoms with Gasteiger partial charge in [0.15, 0.2) is 0 Å². The molecular weight excluding hydrogens is 344 g/mol. The third-order valence-electron chi connectivity index (χ3n) is 5.72. The van der Waals surface area contributed by atoms with Crippen molar-refractivity contribution in [2.45, 2.75) is 26.2 Å². The van der Waals surface area contributed by atoms with Crippen molar-refractivity contribution in [2.24, 2.45) is 5.92 Å². The molecule has 0 bridgehead atoms. The minimum atomic E-state index is 0.178. The maximum atomic E-state index is 12.9. The first-order chi connectivity index (χ1) is 12.5. The fourth-order valence-corrected chi connectivity index (χ4v) is 4.14. The van der Waals surface area contributed by atoms with Crippen LogP contribution in [0.15, 0.2) is 42.5 Å². The molecule has 26 heavy (non-hydrogen) atoms. The van der Waals surface area contributed by atoms with Gasteiger partial charge in [0.1, 0.15) is 0 Å². The van der Waals surface area contributed by atoms with Crippen molar-refractivity contribution in [1.82, 2.24) is 4.90 Å². The van der Waals surface area contributed by atoms with Crippen LogP contribution >= 0.6 is 11.6 Å². The summed E-state index contributed by atoms with van der Waals surface area (Å²) in [4.78, 5) is 17.3. The Morgan fingerprint density at radius 1 is 1.00 bits per heavy atom. The molecule has 0 aromatic heterocycles. The van der Waals surface area contributed by atoms with Crippen molar-refractivity contribution in [1.29, 1.82) is 0 Å². The molecule has 136 valence electrons. The van der Waals surface area contributed by atoms with E-state index in [-0.39, 0.29) is 5.92 Å². The van der Waals surface area contributed by atoms with Gasteiger partial charge in [-0.05, 0) is 49.4 Å². The highest BCUT2D eigenvalue weighted by Gasteiger charge is 2.46. The third-order valence-corrected chi connectivity index (χ3v) is 5.95. The van der Waals surface area contributed by atoms with Gasteiger partial charge in [-0.1, -0.05) is 47.5 Å². The Balaban J connectivity index is 1.36. The number of benzene rings is 2. The van der Waals surface area contributed by atoms with Crippen LogP contribution in [0.4, 0.5) is 5.69 Å². The summed E-state index contributed by atoms with van der Waals surface area (Å²) in [5.41, 5.74) is 5.00. The number of halogens is 1. The van der Waals surface area contributed by atoms with Crippen LogP contribution in [0.2, 0.25) is 5.02 Å². The normalized spacial score (nSPS) is 22.4. The smallest absolute Gasteiger partial charge is 0.226 e. The lowest BCUT2D eigenvalue weighted by Gasteiger charge is -2.37. The van der Waals surface area contributed by atoms with Crippen LogP contribution < -0.4 is 4.90 Å². The monoisotopic (exact) mass is 368 g/mol. The highest BCUT2D eigenvalue weighted by molar-refractivity contribution is 6.30. The molecule has 0 unspecified atom stereocenters. The molecule has 2 aromatic carbocycles. The predicted octanol–water partition coefficient (Wildman–Crippen LogP) is 4.41. The summed E-state index contributed by atoms with van der Waals surface area (Å²) in [6.07, 6.45) is 0.996. The van der Waals surface area contributed by atoms with Gasteiger partial charge in [0.05, 0.1) is 0 Å². The van der Waals surface area contributed by atoms with E-state index in [1.165, 1.54) is 22.4 Å². The van der Waals surface area contributed by atoms with Crippen molar-refractivity contribution >= 4 is 23.2 Å². The van der Waals surface area contributed by atoms with E-state index in [2.05, 4.69) is 54.0 Å². The summed E-state index contributed by atoms with van der Waals surface area (Å²) in [6, 6.07) is 14.6. The first-order valence-corrected chi connectivity index (χ1v) is 9.77. The number of anilines is 1. The highest BCUT2D eigenvalue weighted by Crippen LogP contribution is 2.48. The van der Waals surface area contributed by atoms with E-state index in [1.807, 2.05) is 12.1 Å². The zero-order valence-electron chi connectivity index (χ0n) is 15.4. The van der Waals surface area contributed by atoms with Gasteiger partial charge in [0.2, 0.25) is 5.91 Å². The molecule has 2 aliphatic rings. The van der Waals surface area contributed by atoms with Crippen LogP contribution in [-0.4, -0.2) is 37.0 Å². The molecule has 1 aliphatic heterocycles. The number of rotatable bonds is 3. The van der Waals surface area contributed by atoms with Crippen LogP contribution in [0.1, 0.15) is 29.0 Å². The molecule has 1 heterocycles. The molecule has 1 saturated heterocycles. The van der Waals surface area contributed by atoms with Gasteiger partial charge in [-0.15, -0.1) is 0 Å². The quantitative estimate of drug-likeness (QED) is 0.801. The standard InChI is InChI=1S/C22H25ClN2O/c1-15-3-6-17(7-4-15)19-14-20(19)22(26)25-11-9-24(10-12-25)21-13-18(23)8-5-16(21)2/h3-8,13,19-20H,9-12,14H2,1-2H3/t19-,20-/m0/s1. The average Bonchev–Trinajstić information content (AvgIpc) is 3.45. The van der Waals surface area contributed by atoms with Gasteiger partial charge < -0.3 is 9.80 Å². The Labute approximate surface area is 160 Å². The van der Waals surface area contributed by atoms with Crippen LogP contribution in [0.5, 0.6) is 0 Å². The number of piperazine rings is 1. The number of nitrogens with zero attached hydrogens (tertiary/aromatic N) is 2. The summed E-state index contributed by atoms with van der Waals surface area (Å²) >= 11 is 6.16. The molecule has 2 aromatic rings. The lowest BCUT2D eigenvalue weighted by molar-refractivity contribution is -0.132. The molecule has 0 spiro atoms. The molecule has 4 rings (SSSR count). The molecule has 2 atom stereocenters. The first kappa shape index (κ1) is 17.4. The topological polar surface area (TPSA) is 23.6 Å². The summed E-state index contributed by atoms with van der Waals surface area (Å²) in [7, 11) is 0. The van der Waals surface area contributed by atoms with Gasteiger partial charge in [-0.3, -0.25) is 4.79 Å². The SMILES string of the molecule is Cc1ccc([C@@H]2C[C@@H]2C(=O)N2CCN(c3cc(Cl)ccc3C)CC2)cc1. The van der Waals surface area contributed by atoms with E-state index in [4.69, 9.17) is 11.6 Å². The Hall–Kier alpha value is -2.00. The fourth-order valence-electron chi connectivity index (χ4n) is 3.98. The van der Waals surface area contributed by atoms with E-state index in [0.29, 0.717) is 11.8 Å². The number of carbonyl (C=O) groups excluding carboxylic acids is 1. The van der Waals surface area contributed by atoms with E-state index in [0.717, 1.165) is 37.6 Å². The van der Waals surface area contributed by atoms with Gasteiger partial charge >= 0.3 is 0 Å². The zero-order chi connectivity index (χ0) is 18.3. The van der Waals surface area contributed by atoms with Crippen molar-refractivity contribution in [3.8, 4) is 0 Å². The van der Waals surface area contributed by atoms with Gasteiger partial charge in [-0.2, -0.15) is 0 Å². The maximum absolute atomic E-state index is 12.9. The molecule has 4 heteroatoms. The molecule has 3 nitrogen and oxygen atoms in total. The second-order valence-electron chi connectivity index (χ2n) is 7.60. The summed E-state index contributed by atoms with van der Waals surface area (Å²) in [5, 5.41) is 0.767. The van der Waals surface area contributed by atoms with Crippen molar-refractivity contribution in [3.63, 3.8) is 0 Å². The molecule has 1 saturated carbocycles. The van der Waals surface area contributed by atoms with Crippen LogP contribution in [0, 0.1) is 19.8 Å². The Kier molecular flexibility index (Phi) is 4.66. The maximum Gasteiger partial charge on any atom is 0.226 e. The molecule has 1 aliphatic carbocycles. The summed E-state index contributed by atoms with van der Waals surface area (Å²) in [6.45, 7) is 7.54. The lowest BCUT2D eigenvalue weighted by atomic mass is 10.1. The van der Waals surface area contributed by atoms with E-state index < -0.39 is 0 Å². The van der Waals surface area contributed by atoms with E-state index in [1.54, 1.807) is 0 Å². The van der Waals surface area contributed by atoms with Gasteiger partial charge in [0.25, 0.3) is 0 Å². The molecule has 2 fully saturated rings. The zero-order valence-corrected chi connectivity index (χ0v) is 16.2. The van der Waals surface area contributed by atoms with Crippen LogP contribution in [0.25, 0.3) is 0 Å². The number of hydrogen-bond acceptors (Lipinski definition) is 2. The predicted molar refractivity (Wildman–Crippen MR) is 107 cm³/mol. The third kappa shape index (κ3) is 3.45. The average molecular weight is 369 g/mol. The number of carbonyl (C=O) groups is 1. The van der Waals surface area contributed by atoms with Crippen molar-refractivity contribution in [2.75, 3.05) is 31.1 Å². The first-order valence-electron chi connectivity index (χ1n) is 9.39. The number of hydrogen-bond donors (Lipinski definition) is 0. The fraction of sp³-hybridized carbons (Fsp3) is 0.409. The van der Waals surface area contributed by atoms with Crippen molar-refractivity contribution in [3.05, 3.63) is 64.2 Å². The Morgan fingerprint density at radius 2 is 1.69 bits per heavy atom. The van der Waals surface area contributed by atoms with E-state index in [9.17, 15) is 4.79 Å². The van der Waals surface area contributed by atoms with Crippen LogP contribution in [-0.2, 0) is 4.79 Å². The van der Waals surface area contributed by atoms with Gasteiger partial charge in [-0.25, -0.2) is 0 Å². The number of amides is 1. The Bertz CT molecular complexity index is 809. The molecular formula is C22H25ClN2O. The largest absolute Gasteiger partial charge is 0.368 e. The summed E-state index contributed by atoms with van der Waals surface area (Å²) < 4.78 is 0. The molecule has 0 radical (unpaired) electrons.